The first kappa shape index (κ1) is 23.3. The lowest BCUT2D eigenvalue weighted by Crippen LogP contribution is -2.43. The molecule has 1 aromatic carbocycles. The van der Waals surface area contributed by atoms with E-state index in [1.54, 1.807) is 12.4 Å². The van der Waals surface area contributed by atoms with Crippen LogP contribution in [0.2, 0.25) is 0 Å². The minimum atomic E-state index is -0.751. The van der Waals surface area contributed by atoms with Crippen LogP contribution in [0.4, 0.5) is 13.2 Å². The van der Waals surface area contributed by atoms with E-state index < -0.39 is 23.4 Å². The number of nitrogens with one attached hydrogen (secondary N) is 4. The van der Waals surface area contributed by atoms with Gasteiger partial charge in [-0.2, -0.15) is 0 Å². The molecule has 35 heavy (non-hydrogen) atoms. The summed E-state index contributed by atoms with van der Waals surface area (Å²) >= 11 is 6.12. The fourth-order valence-corrected chi connectivity index (χ4v) is 4.77. The van der Waals surface area contributed by atoms with Crippen molar-refractivity contribution in [1.82, 2.24) is 26.2 Å². The number of allylic oxidation sites excluding steroid dienone is 2. The molecule has 4 aliphatic rings. The Labute approximate surface area is 205 Å². The lowest BCUT2D eigenvalue weighted by atomic mass is 9.97. The number of hydrogen-bond acceptors (Lipinski definition) is 6. The van der Waals surface area contributed by atoms with Gasteiger partial charge in [-0.1, -0.05) is 11.6 Å². The molecule has 1 aromatic rings. The third kappa shape index (κ3) is 4.88. The Morgan fingerprint density at radius 1 is 1.23 bits per heavy atom. The summed E-state index contributed by atoms with van der Waals surface area (Å²) < 4.78 is 42.2. The van der Waals surface area contributed by atoms with E-state index in [1.165, 1.54) is 4.90 Å². The second-order valence-electron chi connectivity index (χ2n) is 8.79. The van der Waals surface area contributed by atoms with E-state index in [0.29, 0.717) is 36.9 Å². The van der Waals surface area contributed by atoms with Gasteiger partial charge in [0.25, 0.3) is 5.91 Å². The molecule has 0 aromatic heterocycles. The lowest BCUT2D eigenvalue weighted by Gasteiger charge is -2.33. The van der Waals surface area contributed by atoms with Crippen molar-refractivity contribution < 1.29 is 18.0 Å². The van der Waals surface area contributed by atoms with E-state index in [9.17, 15) is 18.0 Å². The predicted octanol–water partition coefficient (Wildman–Crippen LogP) is 2.97. The van der Waals surface area contributed by atoms with Crippen LogP contribution in [0, 0.1) is 17.6 Å². The van der Waals surface area contributed by atoms with Gasteiger partial charge in [0.15, 0.2) is 11.6 Å². The molecule has 0 saturated carbocycles. The molecule has 1 fully saturated rings. The molecule has 4 heterocycles. The van der Waals surface area contributed by atoms with Crippen LogP contribution in [0.25, 0.3) is 0 Å². The zero-order valence-electron chi connectivity index (χ0n) is 18.7. The van der Waals surface area contributed by atoms with Crippen molar-refractivity contribution in [3.05, 3.63) is 81.7 Å². The van der Waals surface area contributed by atoms with Gasteiger partial charge >= 0.3 is 0 Å². The second-order valence-corrected chi connectivity index (χ2v) is 9.22. The summed E-state index contributed by atoms with van der Waals surface area (Å²) in [5.74, 6) is -1.72. The molecule has 1 unspecified atom stereocenters. The summed E-state index contributed by atoms with van der Waals surface area (Å²) in [6.07, 6.45) is 6.72. The van der Waals surface area contributed by atoms with E-state index in [2.05, 4.69) is 26.3 Å². The molecule has 0 aliphatic carbocycles. The first-order chi connectivity index (χ1) is 16.9. The van der Waals surface area contributed by atoms with Crippen LogP contribution in [-0.2, 0) is 0 Å². The van der Waals surface area contributed by atoms with Crippen molar-refractivity contribution in [3.63, 3.8) is 0 Å². The molecule has 0 spiro atoms. The number of carbonyl (C=O) groups is 1. The quantitative estimate of drug-likeness (QED) is 0.496. The number of amidine groups is 1. The zero-order valence-corrected chi connectivity index (χ0v) is 19.4. The normalized spacial score (nSPS) is 23.7. The monoisotopic (exact) mass is 504 g/mol. The van der Waals surface area contributed by atoms with Crippen molar-refractivity contribution in [1.29, 1.82) is 0 Å². The van der Waals surface area contributed by atoms with Gasteiger partial charge in [-0.05, 0) is 43.0 Å². The number of dihydropyridines is 1. The summed E-state index contributed by atoms with van der Waals surface area (Å²) in [4.78, 5) is 18.7. The fourth-order valence-electron chi connectivity index (χ4n) is 4.59. The molecule has 5 rings (SSSR count). The van der Waals surface area contributed by atoms with Crippen molar-refractivity contribution >= 4 is 23.3 Å². The Balaban J connectivity index is 1.24. The SMILES string of the molecule is O=C(c1cc(F)ccc1F)N1CCC[C@H](CNC2=C(F)CNC(C3=CNC4NC=C(Cl)C=C34)=N2)C1. The maximum atomic E-state index is 14.6. The average molecular weight is 505 g/mol. The van der Waals surface area contributed by atoms with Gasteiger partial charge in [0, 0.05) is 43.2 Å². The Morgan fingerprint density at radius 2 is 2.06 bits per heavy atom. The van der Waals surface area contributed by atoms with E-state index in [1.807, 2.05) is 6.08 Å². The van der Waals surface area contributed by atoms with Gasteiger partial charge in [-0.15, -0.1) is 0 Å². The van der Waals surface area contributed by atoms with Crippen LogP contribution in [-0.4, -0.2) is 49.0 Å². The average Bonchev–Trinajstić information content (AvgIpc) is 3.28. The van der Waals surface area contributed by atoms with Gasteiger partial charge in [-0.3, -0.25) is 4.79 Å². The number of hydrogen-bond donors (Lipinski definition) is 4. The molecule has 0 radical (unpaired) electrons. The zero-order chi connectivity index (χ0) is 24.5. The Morgan fingerprint density at radius 3 is 2.91 bits per heavy atom. The molecule has 4 N–H and O–H groups in total. The number of nitrogens with zero attached hydrogens (tertiary/aromatic N) is 2. The molecule has 4 aliphatic heterocycles. The highest BCUT2D eigenvalue weighted by molar-refractivity contribution is 6.31. The van der Waals surface area contributed by atoms with Crippen molar-refractivity contribution in [2.24, 2.45) is 10.9 Å². The number of halogens is 4. The van der Waals surface area contributed by atoms with Gasteiger partial charge < -0.3 is 26.2 Å². The smallest absolute Gasteiger partial charge is 0.256 e. The minimum absolute atomic E-state index is 0.00379. The third-order valence-electron chi connectivity index (χ3n) is 6.37. The molecule has 1 amide bonds. The molecule has 184 valence electrons. The molecular weight excluding hydrogens is 481 g/mol. The maximum Gasteiger partial charge on any atom is 0.256 e. The molecular formula is C24H24ClF3N6O. The molecule has 1 saturated heterocycles. The van der Waals surface area contributed by atoms with Gasteiger partial charge in [0.2, 0.25) is 0 Å². The Hall–Kier alpha value is -3.40. The van der Waals surface area contributed by atoms with Crippen molar-refractivity contribution in [2.45, 2.75) is 19.0 Å². The van der Waals surface area contributed by atoms with E-state index >= 15 is 0 Å². The number of likely N-dealkylation sites (tertiary alicyclic amines) is 1. The molecule has 11 heteroatoms. The number of benzene rings is 1. The van der Waals surface area contributed by atoms with Gasteiger partial charge in [0.1, 0.15) is 23.6 Å². The van der Waals surface area contributed by atoms with Crippen LogP contribution in [0.1, 0.15) is 23.2 Å². The van der Waals surface area contributed by atoms with Gasteiger partial charge in [-0.25, -0.2) is 18.2 Å². The topological polar surface area (TPSA) is 80.8 Å². The number of amides is 1. The summed E-state index contributed by atoms with van der Waals surface area (Å²) in [6, 6.07) is 2.85. The summed E-state index contributed by atoms with van der Waals surface area (Å²) in [7, 11) is 0. The first-order valence-corrected chi connectivity index (χ1v) is 11.8. The fraction of sp³-hybridized carbons (Fsp3) is 0.333. The highest BCUT2D eigenvalue weighted by Gasteiger charge is 2.30. The maximum absolute atomic E-state index is 14.6. The molecule has 0 bridgehead atoms. The van der Waals surface area contributed by atoms with Crippen LogP contribution in [0.5, 0.6) is 0 Å². The van der Waals surface area contributed by atoms with Crippen molar-refractivity contribution in [3.8, 4) is 0 Å². The largest absolute Gasteiger partial charge is 0.367 e. The number of fused-ring (bicyclic) bond motifs is 1. The summed E-state index contributed by atoms with van der Waals surface area (Å²) in [5, 5.41) is 13.0. The highest BCUT2D eigenvalue weighted by atomic mass is 35.5. The van der Waals surface area contributed by atoms with E-state index in [-0.39, 0.29) is 30.0 Å². The van der Waals surface area contributed by atoms with E-state index in [4.69, 9.17) is 11.6 Å². The number of piperidine rings is 1. The van der Waals surface area contributed by atoms with Gasteiger partial charge in [0.05, 0.1) is 17.1 Å². The molecule has 2 atom stereocenters. The number of aliphatic imine (C=N–C) groups is 1. The second kappa shape index (κ2) is 9.69. The summed E-state index contributed by atoms with van der Waals surface area (Å²) in [6.45, 7) is 1.18. The first-order valence-electron chi connectivity index (χ1n) is 11.4. The van der Waals surface area contributed by atoms with Crippen LogP contribution in [0.15, 0.2) is 69.5 Å². The van der Waals surface area contributed by atoms with Crippen molar-refractivity contribution in [2.75, 3.05) is 26.2 Å². The predicted molar refractivity (Wildman–Crippen MR) is 127 cm³/mol. The molecule has 7 nitrogen and oxygen atoms in total. The van der Waals surface area contributed by atoms with E-state index in [0.717, 1.165) is 35.8 Å². The number of rotatable bonds is 5. The highest BCUT2D eigenvalue weighted by Crippen LogP contribution is 2.27. The number of carbonyl (C=O) groups excluding carboxylic acids is 1. The third-order valence-corrected chi connectivity index (χ3v) is 6.59. The standard InChI is InChI=1S/C24H24ClF3N6O/c25-14-6-16-18(10-31-21(16)30-9-14)22-32-11-20(28)23(33-22)29-8-13-2-1-5-34(12-13)24(35)17-7-15(26)3-4-19(17)27/h3-4,6-7,9-10,13,21,29-31H,1-2,5,8,11-12H2,(H,32,33)/t13-,21?/m1/s1. The minimum Gasteiger partial charge on any atom is -0.367 e. The Bertz CT molecular complexity index is 1210. The summed E-state index contributed by atoms with van der Waals surface area (Å²) in [5.41, 5.74) is 1.40. The van der Waals surface area contributed by atoms with Crippen LogP contribution in [0.3, 0.4) is 0 Å². The van der Waals surface area contributed by atoms with Crippen LogP contribution < -0.4 is 21.3 Å². The lowest BCUT2D eigenvalue weighted by molar-refractivity contribution is 0.0669. The van der Waals surface area contributed by atoms with Crippen LogP contribution >= 0.6 is 11.6 Å². The Kier molecular flexibility index (Phi) is 6.46.